The van der Waals surface area contributed by atoms with Crippen LogP contribution >= 0.6 is 23.2 Å². The maximum Gasteiger partial charge on any atom is 0.147 e. The lowest BCUT2D eigenvalue weighted by atomic mass is 10.0. The molecule has 3 rings (SSSR count). The molecule has 0 fully saturated rings. The molecule has 2 heterocycles. The molecule has 2 N–H and O–H groups in total. The Kier molecular flexibility index (Phi) is 6.76. The number of rotatable bonds is 6. The molecule has 0 aliphatic heterocycles. The predicted octanol–water partition coefficient (Wildman–Crippen LogP) is 5.79. The summed E-state index contributed by atoms with van der Waals surface area (Å²) in [6.07, 6.45) is 2.23. The van der Waals surface area contributed by atoms with Crippen LogP contribution in [0.2, 0.25) is 10.2 Å². The predicted molar refractivity (Wildman–Crippen MR) is 116 cm³/mol. The van der Waals surface area contributed by atoms with Crippen molar-refractivity contribution in [2.45, 2.75) is 26.2 Å². The minimum atomic E-state index is -0.562. The molecule has 0 atom stereocenters. The van der Waals surface area contributed by atoms with Gasteiger partial charge in [0.15, 0.2) is 0 Å². The van der Waals surface area contributed by atoms with Gasteiger partial charge in [-0.3, -0.25) is 4.98 Å². The molecule has 0 spiro atoms. The van der Waals surface area contributed by atoms with Crippen molar-refractivity contribution in [3.63, 3.8) is 0 Å². The number of nitrogen functional groups attached to an aromatic ring is 1. The molecule has 30 heavy (non-hydrogen) atoms. The van der Waals surface area contributed by atoms with Crippen molar-refractivity contribution in [2.24, 2.45) is 0 Å². The Bertz CT molecular complexity index is 1130. The molecule has 3 aromatic rings. The molecular formula is C22H19Cl2FN4O. The normalized spacial score (nSPS) is 10.8. The standard InChI is InChI=1S/C22H19Cl2FN4O/c1-12(2)20-19(27)13(6-8-28-20)7-9-30-17-5-3-4-16(25)18(17)21-15(23)10-14(11-26)22(24)29-21/h3-6,8,10,12H,7,9,27H2,1-2H3. The number of halogens is 3. The number of anilines is 1. The summed E-state index contributed by atoms with van der Waals surface area (Å²) in [5.41, 5.74) is 8.91. The number of hydrogen-bond donors (Lipinski definition) is 1. The van der Waals surface area contributed by atoms with E-state index in [-0.39, 0.29) is 45.3 Å². The van der Waals surface area contributed by atoms with E-state index < -0.39 is 5.82 Å². The van der Waals surface area contributed by atoms with Gasteiger partial charge >= 0.3 is 0 Å². The highest BCUT2D eigenvalue weighted by Crippen LogP contribution is 2.37. The van der Waals surface area contributed by atoms with Gasteiger partial charge in [0.25, 0.3) is 0 Å². The van der Waals surface area contributed by atoms with E-state index in [0.29, 0.717) is 12.1 Å². The summed E-state index contributed by atoms with van der Waals surface area (Å²) in [5.74, 6) is -0.0925. The molecular weight excluding hydrogens is 426 g/mol. The molecule has 0 aliphatic rings. The molecule has 2 aromatic heterocycles. The average molecular weight is 445 g/mol. The second-order valence-corrected chi connectivity index (χ2v) is 7.67. The van der Waals surface area contributed by atoms with Crippen molar-refractivity contribution < 1.29 is 9.13 Å². The van der Waals surface area contributed by atoms with Crippen molar-refractivity contribution in [1.29, 1.82) is 5.26 Å². The van der Waals surface area contributed by atoms with Crippen LogP contribution < -0.4 is 10.5 Å². The van der Waals surface area contributed by atoms with Crippen LogP contribution in [0.5, 0.6) is 5.75 Å². The van der Waals surface area contributed by atoms with Gasteiger partial charge in [-0.05, 0) is 35.7 Å². The minimum Gasteiger partial charge on any atom is -0.492 e. The maximum absolute atomic E-state index is 14.7. The molecule has 8 heteroatoms. The smallest absolute Gasteiger partial charge is 0.147 e. The maximum atomic E-state index is 14.7. The van der Waals surface area contributed by atoms with Crippen molar-refractivity contribution >= 4 is 28.9 Å². The number of ether oxygens (including phenoxy) is 1. The second-order valence-electron chi connectivity index (χ2n) is 6.90. The quantitative estimate of drug-likeness (QED) is 0.486. The molecule has 5 nitrogen and oxygen atoms in total. The summed E-state index contributed by atoms with van der Waals surface area (Å²) in [6, 6.07) is 9.53. The number of hydrogen-bond acceptors (Lipinski definition) is 5. The lowest BCUT2D eigenvalue weighted by Gasteiger charge is -2.15. The molecule has 0 saturated heterocycles. The first kappa shape index (κ1) is 21.8. The third-order valence-corrected chi connectivity index (χ3v) is 5.13. The van der Waals surface area contributed by atoms with Gasteiger partial charge in [0, 0.05) is 12.6 Å². The van der Waals surface area contributed by atoms with Crippen molar-refractivity contribution in [3.05, 3.63) is 69.3 Å². The third kappa shape index (κ3) is 4.48. The van der Waals surface area contributed by atoms with Crippen LogP contribution in [0.25, 0.3) is 11.3 Å². The number of benzene rings is 1. The first-order chi connectivity index (χ1) is 14.3. The zero-order chi connectivity index (χ0) is 21.8. The van der Waals surface area contributed by atoms with Crippen LogP contribution in [-0.4, -0.2) is 16.6 Å². The fourth-order valence-corrected chi connectivity index (χ4v) is 3.48. The zero-order valence-corrected chi connectivity index (χ0v) is 17.9. The van der Waals surface area contributed by atoms with E-state index in [1.165, 1.54) is 18.2 Å². The zero-order valence-electron chi connectivity index (χ0n) is 16.4. The molecule has 0 aliphatic carbocycles. The van der Waals surface area contributed by atoms with Crippen LogP contribution in [-0.2, 0) is 6.42 Å². The van der Waals surface area contributed by atoms with E-state index in [0.717, 1.165) is 11.3 Å². The molecule has 0 saturated carbocycles. The largest absolute Gasteiger partial charge is 0.492 e. The molecule has 0 bridgehead atoms. The topological polar surface area (TPSA) is 84.8 Å². The van der Waals surface area contributed by atoms with Crippen LogP contribution in [0, 0.1) is 17.1 Å². The van der Waals surface area contributed by atoms with Gasteiger partial charge in [-0.15, -0.1) is 0 Å². The Morgan fingerprint density at radius 2 is 2.03 bits per heavy atom. The number of nitriles is 1. The van der Waals surface area contributed by atoms with E-state index in [9.17, 15) is 4.39 Å². The van der Waals surface area contributed by atoms with Crippen LogP contribution in [0.1, 0.15) is 36.6 Å². The highest BCUT2D eigenvalue weighted by molar-refractivity contribution is 6.35. The van der Waals surface area contributed by atoms with Gasteiger partial charge in [-0.2, -0.15) is 5.26 Å². The van der Waals surface area contributed by atoms with Gasteiger partial charge < -0.3 is 10.5 Å². The van der Waals surface area contributed by atoms with Gasteiger partial charge in [0.2, 0.25) is 0 Å². The van der Waals surface area contributed by atoms with E-state index in [4.69, 9.17) is 38.9 Å². The van der Waals surface area contributed by atoms with Crippen molar-refractivity contribution in [3.8, 4) is 23.1 Å². The number of aromatic nitrogens is 2. The summed E-state index contributed by atoms with van der Waals surface area (Å²) in [7, 11) is 0. The Labute approximate surface area is 184 Å². The SMILES string of the molecule is CC(C)c1nccc(CCOc2cccc(F)c2-c2nc(Cl)c(C#N)cc2Cl)c1N. The summed E-state index contributed by atoms with van der Waals surface area (Å²) in [6.45, 7) is 4.30. The number of nitrogens with zero attached hydrogens (tertiary/aromatic N) is 3. The molecule has 0 radical (unpaired) electrons. The second kappa shape index (κ2) is 9.29. The Morgan fingerprint density at radius 3 is 2.73 bits per heavy atom. The van der Waals surface area contributed by atoms with Crippen molar-refractivity contribution in [1.82, 2.24) is 9.97 Å². The molecule has 0 amide bonds. The first-order valence-corrected chi connectivity index (χ1v) is 10.00. The number of pyridine rings is 2. The van der Waals surface area contributed by atoms with Crippen molar-refractivity contribution in [2.75, 3.05) is 12.3 Å². The lowest BCUT2D eigenvalue weighted by molar-refractivity contribution is 0.322. The minimum absolute atomic E-state index is 0.0584. The third-order valence-electron chi connectivity index (χ3n) is 4.55. The average Bonchev–Trinajstić information content (AvgIpc) is 2.71. The van der Waals surface area contributed by atoms with Gasteiger partial charge in [-0.25, -0.2) is 9.37 Å². The Balaban J connectivity index is 1.88. The van der Waals surface area contributed by atoms with E-state index >= 15 is 0 Å². The van der Waals surface area contributed by atoms with E-state index in [1.807, 2.05) is 26.0 Å². The molecule has 1 aromatic carbocycles. The fraction of sp³-hybridized carbons (Fsp3) is 0.227. The van der Waals surface area contributed by atoms with Crippen LogP contribution in [0.4, 0.5) is 10.1 Å². The first-order valence-electron chi connectivity index (χ1n) is 9.24. The summed E-state index contributed by atoms with van der Waals surface area (Å²) in [5, 5.41) is 9.11. The summed E-state index contributed by atoms with van der Waals surface area (Å²) in [4.78, 5) is 8.44. The van der Waals surface area contributed by atoms with E-state index in [1.54, 1.807) is 12.3 Å². The summed E-state index contributed by atoms with van der Waals surface area (Å²) >= 11 is 12.3. The highest BCUT2D eigenvalue weighted by Gasteiger charge is 2.19. The van der Waals surface area contributed by atoms with Crippen LogP contribution in [0.3, 0.4) is 0 Å². The fourth-order valence-electron chi connectivity index (χ4n) is 3.05. The summed E-state index contributed by atoms with van der Waals surface area (Å²) < 4.78 is 20.5. The number of nitrogens with two attached hydrogens (primary N) is 1. The Hall–Kier alpha value is -2.88. The van der Waals surface area contributed by atoms with Gasteiger partial charge in [-0.1, -0.05) is 43.1 Å². The molecule has 154 valence electrons. The van der Waals surface area contributed by atoms with Gasteiger partial charge in [0.05, 0.1) is 39.8 Å². The monoisotopic (exact) mass is 444 g/mol. The van der Waals surface area contributed by atoms with E-state index in [2.05, 4.69) is 9.97 Å². The highest BCUT2D eigenvalue weighted by atomic mass is 35.5. The Morgan fingerprint density at radius 1 is 1.27 bits per heavy atom. The molecule has 0 unspecified atom stereocenters. The van der Waals surface area contributed by atoms with Gasteiger partial charge in [0.1, 0.15) is 22.8 Å². The lowest BCUT2D eigenvalue weighted by Crippen LogP contribution is -2.08. The van der Waals surface area contributed by atoms with Crippen LogP contribution in [0.15, 0.2) is 36.5 Å².